The number of benzene rings is 2. The molecule has 1 amide bonds. The lowest BCUT2D eigenvalue weighted by atomic mass is 10.1. The summed E-state index contributed by atoms with van der Waals surface area (Å²) in [5.41, 5.74) is 6.22. The number of hydrogen-bond acceptors (Lipinski definition) is 3. The molecule has 0 bridgehead atoms. The summed E-state index contributed by atoms with van der Waals surface area (Å²) in [5, 5.41) is 7.45. The fourth-order valence-corrected chi connectivity index (χ4v) is 3.02. The number of hydrogen-bond donors (Lipinski definition) is 1. The van der Waals surface area contributed by atoms with E-state index in [-0.39, 0.29) is 5.91 Å². The number of carbonyl (C=O) groups excluding carboxylic acids is 1. The molecule has 0 aliphatic carbocycles. The number of nitrogens with zero attached hydrogens (tertiary/aromatic N) is 3. The molecule has 1 N–H and O–H groups in total. The van der Waals surface area contributed by atoms with E-state index in [0.717, 1.165) is 34.0 Å². The fourth-order valence-electron chi connectivity index (χ4n) is 3.02. The van der Waals surface area contributed by atoms with Crippen LogP contribution in [0.15, 0.2) is 54.6 Å². The molecule has 5 nitrogen and oxygen atoms in total. The van der Waals surface area contributed by atoms with Gasteiger partial charge in [-0.05, 0) is 68.3 Å². The highest BCUT2D eigenvalue weighted by Gasteiger charge is 2.06. The van der Waals surface area contributed by atoms with E-state index in [1.54, 1.807) is 0 Å². The molecule has 3 aromatic rings. The molecule has 1 heterocycles. The molecule has 27 heavy (non-hydrogen) atoms. The van der Waals surface area contributed by atoms with Gasteiger partial charge < -0.3 is 10.2 Å². The van der Waals surface area contributed by atoms with Crippen molar-refractivity contribution in [1.82, 2.24) is 9.78 Å². The number of aromatic nitrogens is 2. The van der Waals surface area contributed by atoms with E-state index in [1.807, 2.05) is 73.9 Å². The van der Waals surface area contributed by atoms with Crippen molar-refractivity contribution in [2.75, 3.05) is 24.3 Å². The van der Waals surface area contributed by atoms with E-state index in [2.05, 4.69) is 28.6 Å². The van der Waals surface area contributed by atoms with E-state index in [9.17, 15) is 4.79 Å². The zero-order valence-electron chi connectivity index (χ0n) is 16.4. The molecule has 0 atom stereocenters. The van der Waals surface area contributed by atoms with Crippen molar-refractivity contribution in [2.24, 2.45) is 0 Å². The molecule has 2 aromatic carbocycles. The smallest absolute Gasteiger partial charge is 0.224 e. The minimum atomic E-state index is 0.0234. The van der Waals surface area contributed by atoms with Crippen LogP contribution in [0.5, 0.6) is 0 Å². The summed E-state index contributed by atoms with van der Waals surface area (Å²) in [4.78, 5) is 14.2. The monoisotopic (exact) mass is 362 g/mol. The van der Waals surface area contributed by atoms with E-state index in [1.165, 1.54) is 0 Å². The highest BCUT2D eigenvalue weighted by Crippen LogP contribution is 2.17. The summed E-state index contributed by atoms with van der Waals surface area (Å²) < 4.78 is 1.93. The van der Waals surface area contributed by atoms with Gasteiger partial charge >= 0.3 is 0 Å². The molecule has 0 fully saturated rings. The molecule has 0 aliphatic rings. The van der Waals surface area contributed by atoms with Gasteiger partial charge in [0.05, 0.1) is 11.4 Å². The lowest BCUT2D eigenvalue weighted by molar-refractivity contribution is -0.116. The Bertz CT molecular complexity index is 908. The third-order valence-corrected chi connectivity index (χ3v) is 4.50. The Kier molecular flexibility index (Phi) is 5.60. The van der Waals surface area contributed by atoms with Crippen LogP contribution in [0, 0.1) is 13.8 Å². The summed E-state index contributed by atoms with van der Waals surface area (Å²) in [7, 11) is 3.99. The lowest BCUT2D eigenvalue weighted by Gasteiger charge is -2.13. The first kappa shape index (κ1) is 18.7. The zero-order chi connectivity index (χ0) is 19.4. The molecule has 0 spiro atoms. The molecule has 140 valence electrons. The summed E-state index contributed by atoms with van der Waals surface area (Å²) in [5.74, 6) is 0.0234. The number of amides is 1. The van der Waals surface area contributed by atoms with Crippen LogP contribution < -0.4 is 10.2 Å². The van der Waals surface area contributed by atoms with Crippen molar-refractivity contribution in [3.63, 3.8) is 0 Å². The largest absolute Gasteiger partial charge is 0.378 e. The Balaban J connectivity index is 1.55. The summed E-state index contributed by atoms with van der Waals surface area (Å²) >= 11 is 0. The van der Waals surface area contributed by atoms with Crippen molar-refractivity contribution >= 4 is 17.3 Å². The van der Waals surface area contributed by atoms with Gasteiger partial charge in [0.15, 0.2) is 0 Å². The quantitative estimate of drug-likeness (QED) is 0.717. The Labute approximate surface area is 160 Å². The van der Waals surface area contributed by atoms with Crippen molar-refractivity contribution in [1.29, 1.82) is 0 Å². The van der Waals surface area contributed by atoms with E-state index in [0.29, 0.717) is 12.8 Å². The van der Waals surface area contributed by atoms with Gasteiger partial charge in [0.1, 0.15) is 0 Å². The Hall–Kier alpha value is -3.08. The first-order valence-electron chi connectivity index (χ1n) is 9.12. The van der Waals surface area contributed by atoms with E-state index < -0.39 is 0 Å². The number of nitrogens with one attached hydrogen (secondary N) is 1. The molecule has 0 radical (unpaired) electrons. The first-order chi connectivity index (χ1) is 12.9. The second-order valence-electron chi connectivity index (χ2n) is 6.99. The van der Waals surface area contributed by atoms with Gasteiger partial charge in [-0.1, -0.05) is 12.1 Å². The minimum absolute atomic E-state index is 0.0234. The van der Waals surface area contributed by atoms with Gasteiger partial charge in [-0.15, -0.1) is 0 Å². The van der Waals surface area contributed by atoms with Crippen molar-refractivity contribution in [2.45, 2.75) is 26.7 Å². The van der Waals surface area contributed by atoms with Crippen LogP contribution in [0.3, 0.4) is 0 Å². The topological polar surface area (TPSA) is 50.2 Å². The number of rotatable bonds is 6. The first-order valence-corrected chi connectivity index (χ1v) is 9.12. The maximum absolute atomic E-state index is 12.2. The van der Waals surface area contributed by atoms with Gasteiger partial charge in [0.2, 0.25) is 5.91 Å². The highest BCUT2D eigenvalue weighted by atomic mass is 16.1. The van der Waals surface area contributed by atoms with Crippen LogP contribution in [-0.4, -0.2) is 29.8 Å². The molecular formula is C22H26N4O. The predicted octanol–water partition coefficient (Wildman–Crippen LogP) is 4.13. The summed E-state index contributed by atoms with van der Waals surface area (Å²) in [6.07, 6.45) is 1.16. The van der Waals surface area contributed by atoms with Crippen LogP contribution in [0.2, 0.25) is 0 Å². The average molecular weight is 362 g/mol. The second kappa shape index (κ2) is 8.08. The molecule has 0 aliphatic heterocycles. The average Bonchev–Trinajstić information content (AvgIpc) is 2.99. The van der Waals surface area contributed by atoms with Crippen LogP contribution in [0.1, 0.15) is 23.4 Å². The normalized spacial score (nSPS) is 10.7. The van der Waals surface area contributed by atoms with E-state index >= 15 is 0 Å². The van der Waals surface area contributed by atoms with Crippen molar-refractivity contribution in [3.8, 4) is 5.69 Å². The SMILES string of the molecule is Cc1cc(C)n(-c2ccc(CCC(=O)Nc3ccc(N(C)C)cc3)cc2)n1. The fraction of sp³-hybridized carbons (Fsp3) is 0.273. The highest BCUT2D eigenvalue weighted by molar-refractivity contribution is 5.91. The van der Waals surface area contributed by atoms with Gasteiger partial charge in [-0.25, -0.2) is 4.68 Å². The molecule has 5 heteroatoms. The maximum atomic E-state index is 12.2. The minimum Gasteiger partial charge on any atom is -0.378 e. The van der Waals surface area contributed by atoms with Gasteiger partial charge in [0.25, 0.3) is 0 Å². The predicted molar refractivity (Wildman–Crippen MR) is 111 cm³/mol. The molecule has 0 saturated heterocycles. The Morgan fingerprint density at radius 3 is 2.26 bits per heavy atom. The molecular weight excluding hydrogens is 336 g/mol. The van der Waals surface area contributed by atoms with Gasteiger partial charge in [0, 0.05) is 37.6 Å². The van der Waals surface area contributed by atoms with Crippen LogP contribution in [-0.2, 0) is 11.2 Å². The molecule has 1 aromatic heterocycles. The third-order valence-electron chi connectivity index (χ3n) is 4.50. The summed E-state index contributed by atoms with van der Waals surface area (Å²) in [6, 6.07) is 18.1. The number of carbonyl (C=O) groups is 1. The number of anilines is 2. The number of aryl methyl sites for hydroxylation is 3. The van der Waals surface area contributed by atoms with Crippen molar-refractivity contribution < 1.29 is 4.79 Å². The van der Waals surface area contributed by atoms with Crippen LogP contribution in [0.4, 0.5) is 11.4 Å². The van der Waals surface area contributed by atoms with Crippen molar-refractivity contribution in [3.05, 3.63) is 71.5 Å². The van der Waals surface area contributed by atoms with Crippen LogP contribution in [0.25, 0.3) is 5.69 Å². The third kappa shape index (κ3) is 4.76. The lowest BCUT2D eigenvalue weighted by Crippen LogP contribution is -2.13. The molecule has 0 saturated carbocycles. The Morgan fingerprint density at radius 1 is 1.04 bits per heavy atom. The standard InChI is InChI=1S/C22H26N4O/c1-16-15-17(2)26(24-16)21-10-5-18(6-11-21)7-14-22(27)23-19-8-12-20(13-9-19)25(3)4/h5-6,8-13,15H,7,14H2,1-4H3,(H,23,27). The summed E-state index contributed by atoms with van der Waals surface area (Å²) in [6.45, 7) is 4.04. The van der Waals surface area contributed by atoms with Gasteiger partial charge in [-0.3, -0.25) is 4.79 Å². The Morgan fingerprint density at radius 2 is 1.70 bits per heavy atom. The second-order valence-corrected chi connectivity index (χ2v) is 6.99. The van der Waals surface area contributed by atoms with E-state index in [4.69, 9.17) is 0 Å². The molecule has 3 rings (SSSR count). The zero-order valence-corrected chi connectivity index (χ0v) is 16.4. The molecule has 0 unspecified atom stereocenters. The maximum Gasteiger partial charge on any atom is 0.224 e. The van der Waals surface area contributed by atoms with Crippen LogP contribution >= 0.6 is 0 Å². The van der Waals surface area contributed by atoms with Gasteiger partial charge in [-0.2, -0.15) is 5.10 Å².